The van der Waals surface area contributed by atoms with Crippen molar-refractivity contribution in [1.29, 1.82) is 0 Å². The van der Waals surface area contributed by atoms with E-state index in [-0.39, 0.29) is 0 Å². The van der Waals surface area contributed by atoms with Gasteiger partial charge < -0.3 is 14.8 Å². The zero-order valence-corrected chi connectivity index (χ0v) is 20.2. The van der Waals surface area contributed by atoms with Gasteiger partial charge in [-0.05, 0) is 55.5 Å². The van der Waals surface area contributed by atoms with E-state index >= 15 is 0 Å². The average Bonchev–Trinajstić information content (AvgIpc) is 2.96. The summed E-state index contributed by atoms with van der Waals surface area (Å²) in [7, 11) is 0. The highest BCUT2D eigenvalue weighted by atomic mass is 16.5. The Morgan fingerprint density at radius 3 is 1.22 bits per heavy atom. The fourth-order valence-corrected chi connectivity index (χ4v) is 5.03. The van der Waals surface area contributed by atoms with Gasteiger partial charge in [0.1, 0.15) is 11.5 Å². The van der Waals surface area contributed by atoms with Crippen LogP contribution in [0.5, 0.6) is 11.5 Å². The summed E-state index contributed by atoms with van der Waals surface area (Å²) < 4.78 is 6.43. The van der Waals surface area contributed by atoms with Crippen LogP contribution in [0.3, 0.4) is 0 Å². The van der Waals surface area contributed by atoms with Gasteiger partial charge in [0.2, 0.25) is 0 Å². The van der Waals surface area contributed by atoms with Gasteiger partial charge in [0.05, 0.1) is 0 Å². The molecule has 0 atom stereocenters. The van der Waals surface area contributed by atoms with Gasteiger partial charge in [-0.2, -0.15) is 0 Å². The minimum atomic E-state index is -0.877. The van der Waals surface area contributed by atoms with Crippen molar-refractivity contribution in [1.82, 2.24) is 0 Å². The van der Waals surface area contributed by atoms with Crippen LogP contribution in [-0.2, 0) is 0 Å². The Kier molecular flexibility index (Phi) is 6.23. The van der Waals surface area contributed by atoms with Crippen molar-refractivity contribution in [3.8, 4) is 11.5 Å². The highest BCUT2D eigenvalue weighted by Gasteiger charge is 2.26. The normalized spacial score (nSPS) is 11.0. The van der Waals surface area contributed by atoms with E-state index in [2.05, 4.69) is 0 Å². The van der Waals surface area contributed by atoms with E-state index in [1.54, 1.807) is 0 Å². The molecule has 0 heterocycles. The summed E-state index contributed by atoms with van der Waals surface area (Å²) in [5.41, 5.74) is 2.96. The summed E-state index contributed by atoms with van der Waals surface area (Å²) >= 11 is 0. The second-order valence-corrected chi connectivity index (χ2v) is 9.12. The standard InChI is InChI=1S/C32H24B2O3/c35-33(27-19-9-13-23-11-1-3-15-25(23)27)29-17-5-7-21-31(29)37-32-22-8-6-18-30(32)34(36)28-20-10-14-24-12-2-4-16-26(24)28/h1-22,35-36H. The fraction of sp³-hybridized carbons (Fsp3) is 0. The Morgan fingerprint density at radius 1 is 0.378 bits per heavy atom. The number of rotatable bonds is 6. The lowest BCUT2D eigenvalue weighted by molar-refractivity contribution is 0.486. The molecule has 0 amide bonds. The molecule has 0 saturated heterocycles. The van der Waals surface area contributed by atoms with Crippen molar-refractivity contribution in [2.45, 2.75) is 0 Å². The molecule has 0 aliphatic carbocycles. The van der Waals surface area contributed by atoms with Gasteiger partial charge in [-0.3, -0.25) is 0 Å². The fourth-order valence-electron chi connectivity index (χ4n) is 5.03. The summed E-state index contributed by atoms with van der Waals surface area (Å²) in [5.74, 6) is 1.08. The molecular formula is C32H24B2O3. The van der Waals surface area contributed by atoms with E-state index in [1.165, 1.54) is 0 Å². The molecule has 176 valence electrons. The van der Waals surface area contributed by atoms with Gasteiger partial charge in [0.25, 0.3) is 0 Å². The van der Waals surface area contributed by atoms with E-state index in [0.717, 1.165) is 32.5 Å². The second-order valence-electron chi connectivity index (χ2n) is 9.12. The van der Waals surface area contributed by atoms with Crippen LogP contribution in [0.25, 0.3) is 21.5 Å². The highest BCUT2D eigenvalue weighted by Crippen LogP contribution is 2.21. The van der Waals surface area contributed by atoms with Crippen molar-refractivity contribution < 1.29 is 14.8 Å². The highest BCUT2D eigenvalue weighted by molar-refractivity contribution is 6.82. The molecule has 0 spiro atoms. The smallest absolute Gasteiger partial charge is 0.363 e. The summed E-state index contributed by atoms with van der Waals surface area (Å²) in [5, 5.41) is 27.1. The molecular weight excluding hydrogens is 454 g/mol. The molecule has 3 nitrogen and oxygen atoms in total. The van der Waals surface area contributed by atoms with E-state index < -0.39 is 13.8 Å². The Balaban J connectivity index is 1.39. The van der Waals surface area contributed by atoms with E-state index in [9.17, 15) is 10.0 Å². The molecule has 0 aromatic heterocycles. The van der Waals surface area contributed by atoms with Crippen LogP contribution in [0.4, 0.5) is 0 Å². The zero-order chi connectivity index (χ0) is 25.2. The predicted octanol–water partition coefficient (Wildman–Crippen LogP) is 3.98. The van der Waals surface area contributed by atoms with Crippen LogP contribution in [0.15, 0.2) is 133 Å². The summed E-state index contributed by atoms with van der Waals surface area (Å²) in [6, 6.07) is 43.0. The molecule has 0 unspecified atom stereocenters. The van der Waals surface area contributed by atoms with E-state index in [1.807, 2.05) is 133 Å². The van der Waals surface area contributed by atoms with Gasteiger partial charge in [0.15, 0.2) is 0 Å². The molecule has 0 saturated carbocycles. The molecule has 5 heteroatoms. The van der Waals surface area contributed by atoms with Crippen molar-refractivity contribution in [3.63, 3.8) is 0 Å². The zero-order valence-electron chi connectivity index (χ0n) is 20.2. The minimum Gasteiger partial charge on any atom is -0.458 e. The first-order valence-electron chi connectivity index (χ1n) is 12.4. The van der Waals surface area contributed by atoms with Gasteiger partial charge in [-0.15, -0.1) is 0 Å². The Bertz CT molecular complexity index is 1580. The largest absolute Gasteiger partial charge is 0.458 e. The van der Waals surface area contributed by atoms with Crippen molar-refractivity contribution in [3.05, 3.63) is 133 Å². The maximum atomic E-state index is 11.5. The van der Waals surface area contributed by atoms with Crippen molar-refractivity contribution >= 4 is 57.2 Å². The lowest BCUT2D eigenvalue weighted by Crippen LogP contribution is -2.44. The monoisotopic (exact) mass is 478 g/mol. The van der Waals surface area contributed by atoms with Gasteiger partial charge >= 0.3 is 13.8 Å². The number of hydrogen-bond donors (Lipinski definition) is 2. The lowest BCUT2D eigenvalue weighted by atomic mass is 9.54. The molecule has 37 heavy (non-hydrogen) atoms. The predicted molar refractivity (Wildman–Crippen MR) is 155 cm³/mol. The maximum absolute atomic E-state index is 11.5. The molecule has 2 N–H and O–H groups in total. The van der Waals surface area contributed by atoms with Gasteiger partial charge in [0, 0.05) is 0 Å². The van der Waals surface area contributed by atoms with Crippen molar-refractivity contribution in [2.75, 3.05) is 0 Å². The minimum absolute atomic E-state index is 0.542. The Hall–Kier alpha value is -4.31. The first-order valence-corrected chi connectivity index (χ1v) is 12.4. The maximum Gasteiger partial charge on any atom is 0.363 e. The molecule has 0 aliphatic heterocycles. The number of benzene rings is 6. The molecule has 6 rings (SSSR count). The van der Waals surface area contributed by atoms with E-state index in [0.29, 0.717) is 22.4 Å². The van der Waals surface area contributed by atoms with Crippen LogP contribution in [0, 0.1) is 0 Å². The summed E-state index contributed by atoms with van der Waals surface area (Å²) in [4.78, 5) is 0. The summed E-state index contributed by atoms with van der Waals surface area (Å²) in [6.07, 6.45) is 0. The Morgan fingerprint density at radius 2 is 0.730 bits per heavy atom. The van der Waals surface area contributed by atoms with Gasteiger partial charge in [-0.25, -0.2) is 0 Å². The first-order chi connectivity index (χ1) is 18.2. The second kappa shape index (κ2) is 9.98. The number of hydrogen-bond acceptors (Lipinski definition) is 3. The van der Waals surface area contributed by atoms with Crippen LogP contribution in [-0.4, -0.2) is 23.9 Å². The first kappa shape index (κ1) is 23.1. The average molecular weight is 478 g/mol. The molecule has 6 aromatic rings. The SMILES string of the molecule is OB(c1ccccc1Oc1ccccc1B(O)c1cccc2ccccc12)c1cccc2ccccc12. The quantitative estimate of drug-likeness (QED) is 0.357. The lowest BCUT2D eigenvalue weighted by Gasteiger charge is -2.18. The van der Waals surface area contributed by atoms with Crippen LogP contribution < -0.4 is 26.6 Å². The summed E-state index contributed by atoms with van der Waals surface area (Å²) in [6.45, 7) is -1.75. The molecule has 0 radical (unpaired) electrons. The number of ether oxygens (including phenoxy) is 1. The van der Waals surface area contributed by atoms with Crippen LogP contribution >= 0.6 is 0 Å². The third kappa shape index (κ3) is 4.40. The third-order valence-electron chi connectivity index (χ3n) is 6.88. The molecule has 0 aliphatic rings. The van der Waals surface area contributed by atoms with Crippen LogP contribution in [0.2, 0.25) is 0 Å². The molecule has 0 bridgehead atoms. The number of fused-ring (bicyclic) bond motifs is 2. The topological polar surface area (TPSA) is 49.7 Å². The molecule has 6 aromatic carbocycles. The van der Waals surface area contributed by atoms with Gasteiger partial charge in [-0.1, -0.05) is 121 Å². The Labute approximate surface area is 216 Å². The van der Waals surface area contributed by atoms with E-state index in [4.69, 9.17) is 4.74 Å². The van der Waals surface area contributed by atoms with Crippen LogP contribution in [0.1, 0.15) is 0 Å². The van der Waals surface area contributed by atoms with Crippen molar-refractivity contribution in [2.24, 2.45) is 0 Å². The number of para-hydroxylation sites is 2. The third-order valence-corrected chi connectivity index (χ3v) is 6.88. The molecule has 0 fully saturated rings.